The summed E-state index contributed by atoms with van der Waals surface area (Å²) in [5.41, 5.74) is 4.81. The molecule has 0 amide bonds. The van der Waals surface area contributed by atoms with Crippen molar-refractivity contribution in [3.63, 3.8) is 0 Å². The maximum atomic E-state index is 8.80. The van der Waals surface area contributed by atoms with Gasteiger partial charge in [-0.15, -0.1) is 6.58 Å². The van der Waals surface area contributed by atoms with Crippen LogP contribution in [0.4, 0.5) is 0 Å². The van der Waals surface area contributed by atoms with Crippen LogP contribution in [0.15, 0.2) is 12.7 Å². The van der Waals surface area contributed by atoms with Crippen LogP contribution in [-0.2, 0) is 0 Å². The first kappa shape index (κ1) is 22.5. The molecule has 0 aromatic carbocycles. The second-order valence-electron chi connectivity index (χ2n) is 12.1. The van der Waals surface area contributed by atoms with Crippen molar-refractivity contribution in [1.82, 2.24) is 0 Å². The zero-order valence-corrected chi connectivity index (χ0v) is 20.2. The minimum absolute atomic E-state index is 0. The highest BCUT2D eigenvalue weighted by Gasteiger charge is 2.94. The average molecular weight is 542 g/mol. The third-order valence-corrected chi connectivity index (χ3v) is 14.7. The first-order valence-corrected chi connectivity index (χ1v) is 13.6. The second kappa shape index (κ2) is 6.01. The Bertz CT molecular complexity index is 691. The van der Waals surface area contributed by atoms with E-state index in [0.29, 0.717) is 9.84 Å². The molecule has 0 unspecified atom stereocenters. The lowest BCUT2D eigenvalue weighted by Gasteiger charge is -1.90. The Labute approximate surface area is 201 Å². The minimum Gasteiger partial charge on any atom is -0.396 e. The molecule has 9 fully saturated rings. The Morgan fingerprint density at radius 1 is 0.700 bits per heavy atom. The highest BCUT2D eigenvalue weighted by molar-refractivity contribution is 9.25. The Hall–Kier alpha value is 0.660. The Morgan fingerprint density at radius 2 is 1.07 bits per heavy atom. The predicted molar refractivity (Wildman–Crippen MR) is 133 cm³/mol. The van der Waals surface area contributed by atoms with Gasteiger partial charge in [0.2, 0.25) is 0 Å². The van der Waals surface area contributed by atoms with Gasteiger partial charge in [-0.1, -0.05) is 52.8 Å². The molecule has 0 bridgehead atoms. The molecule has 6 spiro atoms. The van der Waals surface area contributed by atoms with Gasteiger partial charge in [-0.25, -0.2) is 0 Å². The SMILES string of the molecule is BrC1(Br)C2(CC2)C12CC2.C.C.C=CC1C2(CC2)C12CC2.OCCC1C2(CC2)C12CC2. The van der Waals surface area contributed by atoms with Gasteiger partial charge >= 0.3 is 0 Å². The number of rotatable bonds is 3. The Kier molecular flexibility index (Phi) is 4.50. The lowest BCUT2D eigenvalue weighted by Crippen LogP contribution is -1.87. The van der Waals surface area contributed by atoms with Crippen LogP contribution in [0.1, 0.15) is 98.3 Å². The van der Waals surface area contributed by atoms with Gasteiger partial charge in [-0.05, 0) is 117 Å². The van der Waals surface area contributed by atoms with Crippen molar-refractivity contribution in [3.8, 4) is 0 Å². The summed E-state index contributed by atoms with van der Waals surface area (Å²) >= 11 is 7.54. The molecule has 0 aromatic rings. The van der Waals surface area contributed by atoms with E-state index in [1.165, 1.54) is 77.0 Å². The Balaban J connectivity index is 0.0000000934. The van der Waals surface area contributed by atoms with Crippen molar-refractivity contribution in [1.29, 1.82) is 0 Å². The molecule has 1 N–H and O–H groups in total. The number of halogens is 2. The summed E-state index contributed by atoms with van der Waals surface area (Å²) in [4.78, 5) is 0. The molecule has 170 valence electrons. The molecular formula is C27H42Br2O. The maximum absolute atomic E-state index is 8.80. The van der Waals surface area contributed by atoms with Crippen LogP contribution in [0.5, 0.6) is 0 Å². The summed E-state index contributed by atoms with van der Waals surface area (Å²) in [5.74, 6) is 1.90. The fraction of sp³-hybridized carbons (Fsp3) is 0.926. The summed E-state index contributed by atoms with van der Waals surface area (Å²) in [6.07, 6.45) is 21.2. The number of hydrogen-bond donors (Lipinski definition) is 1. The van der Waals surface area contributed by atoms with Crippen LogP contribution < -0.4 is 0 Å². The summed E-state index contributed by atoms with van der Waals surface area (Å²) in [6, 6.07) is 0. The van der Waals surface area contributed by atoms with Gasteiger partial charge in [0.1, 0.15) is 0 Å². The fourth-order valence-corrected chi connectivity index (χ4v) is 12.1. The van der Waals surface area contributed by atoms with Crippen molar-refractivity contribution in [2.24, 2.45) is 44.3 Å². The number of aliphatic hydroxyl groups is 1. The first-order valence-electron chi connectivity index (χ1n) is 12.0. The average Bonchev–Trinajstić information content (AvgIpc) is 3.48. The van der Waals surface area contributed by atoms with Crippen LogP contribution in [-0.4, -0.2) is 14.9 Å². The standard InChI is InChI=1S/C9H14O.C9H12.C7H8Br2.2CH4/c10-6-1-7-8(2-3-8)9(7)4-5-9;1-2-7-8(3-4-8)9(7)5-6-9;8-7(9)5(1-2-5)6(7)3-4-6;;/h7,10H,1-6H2;2,7H,1,3-6H2;1-4H2;2*1H4. The van der Waals surface area contributed by atoms with Crippen LogP contribution in [0.3, 0.4) is 0 Å². The number of allylic oxidation sites excluding steroid dienone is 1. The minimum atomic E-state index is 0. The second-order valence-corrected chi connectivity index (χ2v) is 15.6. The van der Waals surface area contributed by atoms with E-state index < -0.39 is 0 Å². The molecule has 3 heteroatoms. The third-order valence-electron chi connectivity index (χ3n) is 11.7. The number of alkyl halides is 2. The monoisotopic (exact) mass is 540 g/mol. The molecule has 1 nitrogen and oxygen atoms in total. The van der Waals surface area contributed by atoms with Crippen molar-refractivity contribution in [2.45, 2.75) is 102 Å². The van der Waals surface area contributed by atoms with Gasteiger partial charge in [-0.2, -0.15) is 0 Å². The molecule has 9 aliphatic rings. The van der Waals surface area contributed by atoms with Gasteiger partial charge in [0.15, 0.2) is 0 Å². The summed E-state index contributed by atoms with van der Waals surface area (Å²) < 4.78 is 0.389. The molecule has 0 heterocycles. The molecule has 0 saturated heterocycles. The van der Waals surface area contributed by atoms with Crippen LogP contribution in [0.25, 0.3) is 0 Å². The molecule has 30 heavy (non-hydrogen) atoms. The van der Waals surface area contributed by atoms with Gasteiger partial charge < -0.3 is 5.11 Å². The van der Waals surface area contributed by atoms with Crippen LogP contribution in [0, 0.1) is 44.3 Å². The zero-order chi connectivity index (χ0) is 19.3. The van der Waals surface area contributed by atoms with Gasteiger partial charge in [0.25, 0.3) is 0 Å². The summed E-state index contributed by atoms with van der Waals surface area (Å²) in [6.45, 7) is 4.32. The van der Waals surface area contributed by atoms with Crippen LogP contribution >= 0.6 is 31.9 Å². The smallest absolute Gasteiger partial charge is 0.0929 e. The predicted octanol–water partition coefficient (Wildman–Crippen LogP) is 8.24. The van der Waals surface area contributed by atoms with E-state index in [4.69, 9.17) is 5.11 Å². The highest BCUT2D eigenvalue weighted by Crippen LogP contribution is 2.99. The van der Waals surface area contributed by atoms with E-state index in [9.17, 15) is 0 Å². The van der Waals surface area contributed by atoms with Crippen molar-refractivity contribution >= 4 is 31.9 Å². The van der Waals surface area contributed by atoms with Gasteiger partial charge in [-0.3, -0.25) is 0 Å². The highest BCUT2D eigenvalue weighted by atomic mass is 79.9. The quantitative estimate of drug-likeness (QED) is 0.281. The molecule has 9 rings (SSSR count). The number of aliphatic hydroxyl groups excluding tert-OH is 1. The number of hydrogen-bond acceptors (Lipinski definition) is 1. The topological polar surface area (TPSA) is 20.2 Å². The first-order chi connectivity index (χ1) is 13.4. The largest absolute Gasteiger partial charge is 0.396 e. The normalized spacial score (nSPS) is 40.6. The Morgan fingerprint density at radius 3 is 1.23 bits per heavy atom. The van der Waals surface area contributed by atoms with Crippen molar-refractivity contribution in [2.75, 3.05) is 6.61 Å². The molecular weight excluding hydrogens is 500 g/mol. The van der Waals surface area contributed by atoms with Crippen LogP contribution in [0.2, 0.25) is 0 Å². The summed E-state index contributed by atoms with van der Waals surface area (Å²) in [7, 11) is 0. The molecule has 0 aliphatic heterocycles. The molecule has 0 atom stereocenters. The van der Waals surface area contributed by atoms with Crippen molar-refractivity contribution in [3.05, 3.63) is 12.7 Å². The number of fused-ring (bicyclic) bond motifs is 3. The lowest BCUT2D eigenvalue weighted by atomic mass is 10.2. The lowest BCUT2D eigenvalue weighted by molar-refractivity contribution is 0.273. The van der Waals surface area contributed by atoms with Gasteiger partial charge in [0, 0.05) is 17.4 Å². The summed E-state index contributed by atoms with van der Waals surface area (Å²) in [5, 5.41) is 8.80. The van der Waals surface area contributed by atoms with E-state index in [1.54, 1.807) is 0 Å². The van der Waals surface area contributed by atoms with Crippen molar-refractivity contribution < 1.29 is 5.11 Å². The van der Waals surface area contributed by atoms with E-state index in [1.807, 2.05) is 0 Å². The van der Waals surface area contributed by atoms with E-state index in [-0.39, 0.29) is 14.9 Å². The zero-order valence-electron chi connectivity index (χ0n) is 17.0. The van der Waals surface area contributed by atoms with Gasteiger partial charge in [0.05, 0.1) is 3.23 Å². The van der Waals surface area contributed by atoms with E-state index in [2.05, 4.69) is 44.5 Å². The molecule has 0 aromatic heterocycles. The van der Waals surface area contributed by atoms with E-state index in [0.717, 1.165) is 50.7 Å². The molecule has 9 saturated carbocycles. The molecule has 9 aliphatic carbocycles. The maximum Gasteiger partial charge on any atom is 0.0929 e. The fourth-order valence-electron chi connectivity index (χ4n) is 9.18. The molecule has 0 radical (unpaired) electrons. The van der Waals surface area contributed by atoms with E-state index >= 15 is 0 Å². The third kappa shape index (κ3) is 2.25.